The quantitative estimate of drug-likeness (QED) is 0.734. The number of benzene rings is 2. The van der Waals surface area contributed by atoms with Gasteiger partial charge in [-0.2, -0.15) is 0 Å². The van der Waals surface area contributed by atoms with Crippen LogP contribution in [0, 0.1) is 0 Å². The van der Waals surface area contributed by atoms with Crippen molar-refractivity contribution < 1.29 is 4.79 Å². The van der Waals surface area contributed by atoms with Gasteiger partial charge in [0.05, 0.1) is 12.1 Å². The molecule has 0 radical (unpaired) electrons. The lowest BCUT2D eigenvalue weighted by molar-refractivity contribution is 0.156. The summed E-state index contributed by atoms with van der Waals surface area (Å²) < 4.78 is 0. The second kappa shape index (κ2) is 7.86. The molecule has 1 aliphatic rings. The fraction of sp³-hybridized carbons (Fsp3) is 0.190. The van der Waals surface area contributed by atoms with Crippen LogP contribution in [0.5, 0.6) is 0 Å². The van der Waals surface area contributed by atoms with E-state index in [0.29, 0.717) is 19.0 Å². The van der Waals surface area contributed by atoms with Crippen molar-refractivity contribution in [3.8, 4) is 0 Å². The summed E-state index contributed by atoms with van der Waals surface area (Å²) in [6, 6.07) is 21.7. The van der Waals surface area contributed by atoms with E-state index in [4.69, 9.17) is 0 Å². The molecule has 0 unspecified atom stereocenters. The van der Waals surface area contributed by atoms with Crippen LogP contribution in [0.1, 0.15) is 17.2 Å². The Morgan fingerprint density at radius 2 is 1.44 bits per heavy atom. The predicted octanol–water partition coefficient (Wildman–Crippen LogP) is 3.07. The minimum absolute atomic E-state index is 0.0697. The molecule has 6 heteroatoms. The number of hydrogen-bond acceptors (Lipinski definition) is 4. The van der Waals surface area contributed by atoms with Gasteiger partial charge in [0.25, 0.3) is 0 Å². The third-order valence-corrected chi connectivity index (χ3v) is 4.60. The van der Waals surface area contributed by atoms with Crippen molar-refractivity contribution in [2.75, 3.05) is 18.4 Å². The molecule has 0 saturated carbocycles. The van der Waals surface area contributed by atoms with E-state index in [2.05, 4.69) is 20.6 Å². The molecule has 0 bridgehead atoms. The fourth-order valence-corrected chi connectivity index (χ4v) is 3.16. The summed E-state index contributed by atoms with van der Waals surface area (Å²) >= 11 is 0. The van der Waals surface area contributed by atoms with Crippen molar-refractivity contribution in [2.24, 2.45) is 0 Å². The highest BCUT2D eigenvalue weighted by Crippen LogP contribution is 2.23. The van der Waals surface area contributed by atoms with Gasteiger partial charge in [0, 0.05) is 25.5 Å². The predicted molar refractivity (Wildman–Crippen MR) is 104 cm³/mol. The molecule has 1 saturated heterocycles. The van der Waals surface area contributed by atoms with Crippen molar-refractivity contribution >= 4 is 12.0 Å². The number of rotatable bonds is 5. The van der Waals surface area contributed by atoms with Gasteiger partial charge in [0.1, 0.15) is 0 Å². The SMILES string of the molecule is O=C(NC(c1ccccc1)c1ccccc1)N1CC(Nc2ncccn2)C1. The maximum Gasteiger partial charge on any atom is 0.318 e. The molecule has 136 valence electrons. The lowest BCUT2D eigenvalue weighted by Gasteiger charge is -2.40. The third-order valence-electron chi connectivity index (χ3n) is 4.60. The topological polar surface area (TPSA) is 70.2 Å². The Bertz CT molecular complexity index is 827. The first kappa shape index (κ1) is 17.0. The second-order valence-corrected chi connectivity index (χ2v) is 6.52. The number of amides is 2. The normalized spacial score (nSPS) is 13.9. The van der Waals surface area contributed by atoms with Crippen LogP contribution >= 0.6 is 0 Å². The van der Waals surface area contributed by atoms with E-state index in [1.54, 1.807) is 23.4 Å². The molecule has 0 aliphatic carbocycles. The molecule has 27 heavy (non-hydrogen) atoms. The Hall–Kier alpha value is -3.41. The number of anilines is 1. The Labute approximate surface area is 158 Å². The van der Waals surface area contributed by atoms with Gasteiger partial charge in [-0.25, -0.2) is 14.8 Å². The Morgan fingerprint density at radius 3 is 2.00 bits per heavy atom. The molecule has 1 aliphatic heterocycles. The number of nitrogens with zero attached hydrogens (tertiary/aromatic N) is 3. The minimum atomic E-state index is -0.177. The van der Waals surface area contributed by atoms with Gasteiger partial charge in [0.15, 0.2) is 0 Å². The smallest absolute Gasteiger partial charge is 0.318 e. The van der Waals surface area contributed by atoms with Crippen LogP contribution in [0.15, 0.2) is 79.1 Å². The molecule has 2 N–H and O–H groups in total. The molecule has 0 atom stereocenters. The van der Waals surface area contributed by atoms with Gasteiger partial charge in [-0.05, 0) is 17.2 Å². The average Bonchev–Trinajstić information content (AvgIpc) is 2.70. The van der Waals surface area contributed by atoms with Crippen molar-refractivity contribution in [1.29, 1.82) is 0 Å². The fourth-order valence-electron chi connectivity index (χ4n) is 3.16. The van der Waals surface area contributed by atoms with Crippen molar-refractivity contribution in [3.05, 3.63) is 90.3 Å². The number of likely N-dealkylation sites (tertiary alicyclic amines) is 1. The van der Waals surface area contributed by atoms with Crippen molar-refractivity contribution in [3.63, 3.8) is 0 Å². The summed E-state index contributed by atoms with van der Waals surface area (Å²) in [5.41, 5.74) is 2.12. The first-order valence-electron chi connectivity index (χ1n) is 8.98. The average molecular weight is 359 g/mol. The number of hydrogen-bond donors (Lipinski definition) is 2. The highest BCUT2D eigenvalue weighted by Gasteiger charge is 2.32. The van der Waals surface area contributed by atoms with Crippen LogP contribution in [0.2, 0.25) is 0 Å². The molecule has 2 amide bonds. The lowest BCUT2D eigenvalue weighted by atomic mass is 9.99. The Kier molecular flexibility index (Phi) is 4.96. The van der Waals surface area contributed by atoms with E-state index in [-0.39, 0.29) is 18.1 Å². The first-order chi connectivity index (χ1) is 13.3. The van der Waals surface area contributed by atoms with Crippen molar-refractivity contribution in [2.45, 2.75) is 12.1 Å². The van der Waals surface area contributed by atoms with Crippen LogP contribution in [0.25, 0.3) is 0 Å². The van der Waals surface area contributed by atoms with Gasteiger partial charge in [-0.1, -0.05) is 60.7 Å². The maximum absolute atomic E-state index is 12.7. The van der Waals surface area contributed by atoms with Gasteiger partial charge in [0.2, 0.25) is 5.95 Å². The molecular weight excluding hydrogens is 338 g/mol. The lowest BCUT2D eigenvalue weighted by Crippen LogP contribution is -2.60. The summed E-state index contributed by atoms with van der Waals surface area (Å²) in [5, 5.41) is 6.40. The molecule has 4 rings (SSSR count). The van der Waals surface area contributed by atoms with E-state index in [1.807, 2.05) is 60.7 Å². The number of aromatic nitrogens is 2. The third kappa shape index (κ3) is 4.06. The highest BCUT2D eigenvalue weighted by atomic mass is 16.2. The van der Waals surface area contributed by atoms with E-state index in [9.17, 15) is 4.79 Å². The van der Waals surface area contributed by atoms with Gasteiger partial charge < -0.3 is 15.5 Å². The summed E-state index contributed by atoms with van der Waals surface area (Å²) in [6.45, 7) is 1.25. The molecule has 2 aromatic carbocycles. The molecular formula is C21H21N5O. The van der Waals surface area contributed by atoms with E-state index in [1.165, 1.54) is 0 Å². The number of nitrogens with one attached hydrogen (secondary N) is 2. The summed E-state index contributed by atoms with van der Waals surface area (Å²) in [4.78, 5) is 22.8. The van der Waals surface area contributed by atoms with Crippen LogP contribution in [0.3, 0.4) is 0 Å². The summed E-state index contributed by atoms with van der Waals surface area (Å²) in [7, 11) is 0. The van der Waals surface area contributed by atoms with Gasteiger partial charge in [-0.15, -0.1) is 0 Å². The van der Waals surface area contributed by atoms with Gasteiger partial charge >= 0.3 is 6.03 Å². The van der Waals surface area contributed by atoms with Crippen LogP contribution in [-0.4, -0.2) is 40.0 Å². The highest BCUT2D eigenvalue weighted by molar-refractivity contribution is 5.76. The number of carbonyl (C=O) groups excluding carboxylic acids is 1. The molecule has 2 heterocycles. The summed E-state index contributed by atoms with van der Waals surface area (Å²) in [5.74, 6) is 0.592. The molecule has 1 fully saturated rings. The largest absolute Gasteiger partial charge is 0.348 e. The minimum Gasteiger partial charge on any atom is -0.348 e. The van der Waals surface area contributed by atoms with Gasteiger partial charge in [-0.3, -0.25) is 0 Å². The number of urea groups is 1. The molecule has 0 spiro atoms. The zero-order valence-electron chi connectivity index (χ0n) is 14.8. The van der Waals surface area contributed by atoms with E-state index < -0.39 is 0 Å². The zero-order valence-corrected chi connectivity index (χ0v) is 14.8. The Balaban J connectivity index is 1.40. The van der Waals surface area contributed by atoms with E-state index >= 15 is 0 Å². The molecule has 6 nitrogen and oxygen atoms in total. The van der Waals surface area contributed by atoms with Crippen LogP contribution < -0.4 is 10.6 Å². The maximum atomic E-state index is 12.7. The first-order valence-corrected chi connectivity index (χ1v) is 8.98. The molecule has 3 aromatic rings. The second-order valence-electron chi connectivity index (χ2n) is 6.52. The summed E-state index contributed by atoms with van der Waals surface area (Å²) in [6.07, 6.45) is 3.39. The number of carbonyl (C=O) groups is 1. The zero-order chi connectivity index (χ0) is 18.5. The monoisotopic (exact) mass is 359 g/mol. The van der Waals surface area contributed by atoms with Crippen LogP contribution in [-0.2, 0) is 0 Å². The Morgan fingerprint density at radius 1 is 0.889 bits per heavy atom. The molecule has 1 aromatic heterocycles. The van der Waals surface area contributed by atoms with Crippen molar-refractivity contribution in [1.82, 2.24) is 20.2 Å². The van der Waals surface area contributed by atoms with Crippen LogP contribution in [0.4, 0.5) is 10.7 Å². The van der Waals surface area contributed by atoms with E-state index in [0.717, 1.165) is 11.1 Å². The standard InChI is InChI=1S/C21H21N5O/c27-21(26-14-18(15-26)24-20-22-12-7-13-23-20)25-19(16-8-3-1-4-9-16)17-10-5-2-6-11-17/h1-13,18-19H,14-15H2,(H,25,27)(H,22,23,24).